The van der Waals surface area contributed by atoms with Gasteiger partial charge >= 0.3 is 21.3 Å². The summed E-state index contributed by atoms with van der Waals surface area (Å²) in [6.45, 7) is -2.01. The molecule has 8 N–H and O–H groups in total. The topological polar surface area (TPSA) is 277 Å². The number of alkyl halides is 1. The molecule has 2 aliphatic rings. The van der Waals surface area contributed by atoms with E-state index in [4.69, 9.17) is 14.6 Å². The van der Waals surface area contributed by atoms with Crippen LogP contribution >= 0.6 is 15.6 Å². The Bertz CT molecular complexity index is 1130. The van der Waals surface area contributed by atoms with Gasteiger partial charge in [0.05, 0.1) is 13.2 Å². The molecule has 0 aromatic carbocycles. The highest BCUT2D eigenvalue weighted by Crippen LogP contribution is 2.61. The van der Waals surface area contributed by atoms with Crippen LogP contribution in [0.2, 0.25) is 0 Å². The minimum atomic E-state index is -5.67. The minimum Gasteiger partial charge on any atom is -0.394 e. The zero-order valence-corrected chi connectivity index (χ0v) is 19.6. The van der Waals surface area contributed by atoms with E-state index < -0.39 is 95.4 Å². The van der Waals surface area contributed by atoms with E-state index in [-0.39, 0.29) is 0 Å². The molecule has 2 aliphatic heterocycles. The highest BCUT2D eigenvalue weighted by Gasteiger charge is 2.50. The van der Waals surface area contributed by atoms with Crippen LogP contribution < -0.4 is 11.2 Å². The van der Waals surface area contributed by atoms with Crippen LogP contribution in [0, 0.1) is 0 Å². The summed E-state index contributed by atoms with van der Waals surface area (Å²) in [5, 5.41) is 48.5. The standard InChI is InChI=1S/C15H23FN2O16P2/c16-8-11(23)9(21)5(3-19)32-14(8)33-36(28,29)34-35(26,27)30-4-6-10(22)12(24)13(31-6)18-2-1-7(20)17-15(18)25/h1-2,5-6,8-14,19,21-24H,3-4H2,(H,26,27)(H,28,29)(H,17,20,25)/t5-,6-,8+,9+,10-,11-,12-,13-,14-/m1/s1. The highest BCUT2D eigenvalue weighted by atomic mass is 31.3. The van der Waals surface area contributed by atoms with Gasteiger partial charge in [0.25, 0.3) is 5.56 Å². The number of nitrogens with zero attached hydrogens (tertiary/aromatic N) is 1. The zero-order chi connectivity index (χ0) is 27.0. The van der Waals surface area contributed by atoms with Crippen molar-refractivity contribution in [3.8, 4) is 0 Å². The Labute approximate surface area is 199 Å². The normalized spacial score (nSPS) is 38.4. The summed E-state index contributed by atoms with van der Waals surface area (Å²) in [6, 6.07) is 0.919. The Morgan fingerprint density at radius 3 is 2.25 bits per heavy atom. The van der Waals surface area contributed by atoms with Gasteiger partial charge in [0.15, 0.2) is 12.4 Å². The number of nitrogens with one attached hydrogen (secondary N) is 1. The number of phosphoric acid groups is 2. The summed E-state index contributed by atoms with van der Waals surface area (Å²) >= 11 is 0. The fourth-order valence-electron chi connectivity index (χ4n) is 3.33. The lowest BCUT2D eigenvalue weighted by atomic mass is 10.0. The Balaban J connectivity index is 1.61. The molecule has 36 heavy (non-hydrogen) atoms. The average Bonchev–Trinajstić information content (AvgIpc) is 3.06. The number of aliphatic hydroxyl groups is 5. The van der Waals surface area contributed by atoms with Gasteiger partial charge in [-0.05, 0) is 0 Å². The van der Waals surface area contributed by atoms with Crippen molar-refractivity contribution in [1.29, 1.82) is 0 Å². The monoisotopic (exact) mass is 568 g/mol. The van der Waals surface area contributed by atoms with Crippen molar-refractivity contribution in [2.45, 2.75) is 55.3 Å². The number of aliphatic hydroxyl groups excluding tert-OH is 5. The Hall–Kier alpha value is -1.41. The van der Waals surface area contributed by atoms with Gasteiger partial charge in [-0.3, -0.25) is 23.4 Å². The maximum absolute atomic E-state index is 14.1. The first-order chi connectivity index (χ1) is 16.7. The second-order valence-electron chi connectivity index (χ2n) is 7.63. The summed E-state index contributed by atoms with van der Waals surface area (Å²) in [7, 11) is -11.2. The molecule has 2 unspecified atom stereocenters. The molecular weight excluding hydrogens is 545 g/mol. The molecule has 2 fully saturated rings. The van der Waals surface area contributed by atoms with Gasteiger partial charge in [-0.25, -0.2) is 18.3 Å². The molecule has 2 saturated heterocycles. The first-order valence-corrected chi connectivity index (χ1v) is 12.9. The summed E-state index contributed by atoms with van der Waals surface area (Å²) in [5.74, 6) is 0. The Morgan fingerprint density at radius 1 is 1.00 bits per heavy atom. The third-order valence-electron chi connectivity index (χ3n) is 5.11. The Morgan fingerprint density at radius 2 is 1.64 bits per heavy atom. The number of aromatic amines is 1. The molecular formula is C15H23FN2O16P2. The van der Waals surface area contributed by atoms with Crippen molar-refractivity contribution in [2.24, 2.45) is 0 Å². The van der Waals surface area contributed by atoms with E-state index >= 15 is 0 Å². The van der Waals surface area contributed by atoms with Gasteiger partial charge in [-0.15, -0.1) is 0 Å². The molecule has 18 nitrogen and oxygen atoms in total. The molecule has 0 bridgehead atoms. The van der Waals surface area contributed by atoms with E-state index in [2.05, 4.69) is 13.4 Å². The predicted octanol–water partition coefficient (Wildman–Crippen LogP) is -3.82. The molecule has 0 saturated carbocycles. The van der Waals surface area contributed by atoms with Crippen LogP contribution in [0.25, 0.3) is 0 Å². The van der Waals surface area contributed by atoms with Crippen molar-refractivity contribution in [3.63, 3.8) is 0 Å². The fourth-order valence-corrected chi connectivity index (χ4v) is 5.48. The van der Waals surface area contributed by atoms with Gasteiger partial charge < -0.3 is 44.8 Å². The summed E-state index contributed by atoms with van der Waals surface area (Å²) in [5.41, 5.74) is -1.76. The van der Waals surface area contributed by atoms with Gasteiger partial charge in [0.1, 0.15) is 36.6 Å². The van der Waals surface area contributed by atoms with Gasteiger partial charge in [-0.2, -0.15) is 4.31 Å². The van der Waals surface area contributed by atoms with E-state index in [1.807, 2.05) is 4.98 Å². The molecule has 0 spiro atoms. The Kier molecular flexibility index (Phi) is 9.02. The smallest absolute Gasteiger partial charge is 0.394 e. The minimum absolute atomic E-state index is 0.711. The van der Waals surface area contributed by atoms with Crippen molar-refractivity contribution in [2.75, 3.05) is 13.2 Å². The lowest BCUT2D eigenvalue weighted by Crippen LogP contribution is -2.57. The number of H-pyrrole nitrogens is 1. The average molecular weight is 568 g/mol. The highest BCUT2D eigenvalue weighted by molar-refractivity contribution is 7.61. The number of hydrogen-bond donors (Lipinski definition) is 8. The molecule has 21 heteroatoms. The molecule has 3 rings (SSSR count). The third-order valence-corrected chi connectivity index (χ3v) is 7.71. The summed E-state index contributed by atoms with van der Waals surface area (Å²) in [6.07, 6.45) is -16.6. The SMILES string of the molecule is O=c1ccn([C@@H]2O[C@H](COP(=O)(O)OP(=O)(O)O[C@H]3O[C@H](CO)[C@H](O)[C@H](O)[C@@H]3F)[C@@H](O)[C@H]2O)c(=O)[nH]1. The van der Waals surface area contributed by atoms with Crippen molar-refractivity contribution in [3.05, 3.63) is 33.1 Å². The number of ether oxygens (including phenoxy) is 2. The molecule has 0 amide bonds. The quantitative estimate of drug-likeness (QED) is 0.133. The van der Waals surface area contributed by atoms with Crippen LogP contribution in [0.5, 0.6) is 0 Å². The van der Waals surface area contributed by atoms with E-state index in [0.29, 0.717) is 4.57 Å². The van der Waals surface area contributed by atoms with Crippen LogP contribution in [0.4, 0.5) is 4.39 Å². The summed E-state index contributed by atoms with van der Waals surface area (Å²) < 4.78 is 61.7. The third kappa shape index (κ3) is 6.53. The molecule has 206 valence electrons. The van der Waals surface area contributed by atoms with Crippen LogP contribution in [0.3, 0.4) is 0 Å². The van der Waals surface area contributed by atoms with Gasteiger partial charge in [-0.1, -0.05) is 0 Å². The number of halogens is 1. The van der Waals surface area contributed by atoms with E-state index in [1.165, 1.54) is 0 Å². The van der Waals surface area contributed by atoms with Crippen LogP contribution in [0.15, 0.2) is 21.9 Å². The van der Waals surface area contributed by atoms with Crippen LogP contribution in [-0.2, 0) is 32.0 Å². The van der Waals surface area contributed by atoms with Gasteiger partial charge in [0, 0.05) is 12.3 Å². The zero-order valence-electron chi connectivity index (χ0n) is 17.8. The number of hydrogen-bond acceptors (Lipinski definition) is 14. The molecule has 1 aromatic rings. The lowest BCUT2D eigenvalue weighted by molar-refractivity contribution is -0.265. The molecule has 3 heterocycles. The maximum atomic E-state index is 14.1. The van der Waals surface area contributed by atoms with Crippen molar-refractivity contribution in [1.82, 2.24) is 9.55 Å². The predicted molar refractivity (Wildman–Crippen MR) is 108 cm³/mol. The molecule has 0 radical (unpaired) electrons. The number of rotatable bonds is 9. The van der Waals surface area contributed by atoms with Crippen molar-refractivity contribution >= 4 is 15.6 Å². The second kappa shape index (κ2) is 11.1. The number of phosphoric ester groups is 2. The molecule has 0 aliphatic carbocycles. The fraction of sp³-hybridized carbons (Fsp3) is 0.733. The molecule has 1 aromatic heterocycles. The van der Waals surface area contributed by atoms with Crippen LogP contribution in [-0.4, -0.2) is 107 Å². The van der Waals surface area contributed by atoms with Crippen molar-refractivity contribution < 1.29 is 71.7 Å². The van der Waals surface area contributed by atoms with E-state index in [9.17, 15) is 53.3 Å². The maximum Gasteiger partial charge on any atom is 0.483 e. The molecule has 11 atom stereocenters. The van der Waals surface area contributed by atoms with E-state index in [0.717, 1.165) is 12.3 Å². The summed E-state index contributed by atoms with van der Waals surface area (Å²) in [4.78, 5) is 44.4. The second-order valence-corrected chi connectivity index (χ2v) is 10.6. The van der Waals surface area contributed by atoms with Gasteiger partial charge in [0.2, 0.25) is 6.29 Å². The van der Waals surface area contributed by atoms with E-state index in [1.54, 1.807) is 0 Å². The largest absolute Gasteiger partial charge is 0.483 e. The first-order valence-electron chi connectivity index (χ1n) is 9.95. The number of aromatic nitrogens is 2. The van der Waals surface area contributed by atoms with Crippen LogP contribution in [0.1, 0.15) is 6.23 Å². The first kappa shape index (κ1) is 29.2. The lowest BCUT2D eigenvalue weighted by Gasteiger charge is -2.38.